The number of hydrogen-bond acceptors (Lipinski definition) is 3. The predicted octanol–water partition coefficient (Wildman–Crippen LogP) is 5.39. The molecule has 1 atom stereocenters. The highest BCUT2D eigenvalue weighted by Gasteiger charge is 2.36. The van der Waals surface area contributed by atoms with E-state index in [1.807, 2.05) is 73.7 Å². The summed E-state index contributed by atoms with van der Waals surface area (Å²) in [5, 5.41) is 9.85. The Morgan fingerprint density at radius 3 is 2.52 bits per heavy atom. The lowest BCUT2D eigenvalue weighted by atomic mass is 9.91. The van der Waals surface area contributed by atoms with Crippen molar-refractivity contribution in [1.82, 2.24) is 4.90 Å². The van der Waals surface area contributed by atoms with E-state index in [2.05, 4.69) is 0 Å². The smallest absolute Gasteiger partial charge is 0.305 e. The Bertz CT molecular complexity index is 1160. The van der Waals surface area contributed by atoms with Crippen LogP contribution in [0, 0.1) is 0 Å². The van der Waals surface area contributed by atoms with Gasteiger partial charge in [0.05, 0.1) is 6.42 Å². The molecule has 0 radical (unpaired) electrons. The largest absolute Gasteiger partial charge is 0.487 e. The second-order valence-electron chi connectivity index (χ2n) is 8.68. The molecule has 0 aliphatic carbocycles. The van der Waals surface area contributed by atoms with Gasteiger partial charge in [0.25, 0.3) is 5.91 Å². The van der Waals surface area contributed by atoms with Crippen LogP contribution < -0.4 is 4.74 Å². The van der Waals surface area contributed by atoms with Crippen molar-refractivity contribution < 1.29 is 19.4 Å². The summed E-state index contributed by atoms with van der Waals surface area (Å²) in [6, 6.07) is 22.8. The van der Waals surface area contributed by atoms with Gasteiger partial charge in [0.1, 0.15) is 11.4 Å². The monoisotopic (exact) mass is 463 g/mol. The molecule has 0 saturated heterocycles. The van der Waals surface area contributed by atoms with Crippen molar-refractivity contribution in [3.05, 3.63) is 100 Å². The Labute approximate surface area is 198 Å². The molecule has 0 aromatic heterocycles. The highest BCUT2D eigenvalue weighted by molar-refractivity contribution is 6.31. The van der Waals surface area contributed by atoms with Gasteiger partial charge >= 0.3 is 5.97 Å². The zero-order chi connectivity index (χ0) is 23.4. The van der Waals surface area contributed by atoms with E-state index in [-0.39, 0.29) is 18.9 Å². The highest BCUT2D eigenvalue weighted by atomic mass is 35.5. The van der Waals surface area contributed by atoms with Crippen molar-refractivity contribution in [2.24, 2.45) is 0 Å². The fraction of sp³-hybridized carbons (Fsp3) is 0.259. The van der Waals surface area contributed by atoms with Gasteiger partial charge in [-0.1, -0.05) is 60.1 Å². The topological polar surface area (TPSA) is 66.8 Å². The molecule has 0 fully saturated rings. The molecule has 3 aromatic rings. The van der Waals surface area contributed by atoms with Gasteiger partial charge in [-0.2, -0.15) is 0 Å². The fourth-order valence-corrected chi connectivity index (χ4v) is 4.47. The van der Waals surface area contributed by atoms with Crippen LogP contribution in [0.2, 0.25) is 5.02 Å². The van der Waals surface area contributed by atoms with E-state index in [1.165, 1.54) is 0 Å². The number of nitrogens with zero attached hydrogens (tertiary/aromatic N) is 1. The molecule has 6 heteroatoms. The van der Waals surface area contributed by atoms with Gasteiger partial charge < -0.3 is 14.7 Å². The zero-order valence-corrected chi connectivity index (χ0v) is 19.2. The second kappa shape index (κ2) is 9.67. The Morgan fingerprint density at radius 1 is 1.06 bits per heavy atom. The average Bonchev–Trinajstić information content (AvgIpc) is 3.13. The summed E-state index contributed by atoms with van der Waals surface area (Å²) >= 11 is 6.35. The molecule has 170 valence electrons. The standard InChI is InChI=1S/C27H26ClNO4/c1-27(16-21-9-5-6-10-23(21)28)17-22-15-20(11-12-24(22)33-27)26(32)29(14-13-25(30)31)18-19-7-3-2-4-8-19/h2-12,15H,13-14,16-18H2,1H3,(H,30,31)/t27-/m1/s1. The van der Waals surface area contributed by atoms with Crippen LogP contribution in [0.15, 0.2) is 72.8 Å². The number of hydrogen-bond donors (Lipinski definition) is 1. The van der Waals surface area contributed by atoms with E-state index in [0.717, 1.165) is 22.4 Å². The summed E-state index contributed by atoms with van der Waals surface area (Å²) in [4.78, 5) is 26.1. The number of carboxylic acids is 1. The van der Waals surface area contributed by atoms with Crippen molar-refractivity contribution in [1.29, 1.82) is 0 Å². The molecule has 33 heavy (non-hydrogen) atoms. The van der Waals surface area contributed by atoms with Crippen molar-refractivity contribution in [3.8, 4) is 5.75 Å². The Kier molecular flexibility index (Phi) is 6.70. The van der Waals surface area contributed by atoms with E-state index >= 15 is 0 Å². The third-order valence-corrected chi connectivity index (χ3v) is 6.22. The molecule has 1 heterocycles. The summed E-state index contributed by atoms with van der Waals surface area (Å²) in [5.74, 6) is -0.359. The molecular formula is C27H26ClNO4. The Hall–Kier alpha value is -3.31. The van der Waals surface area contributed by atoms with Crippen molar-refractivity contribution in [2.75, 3.05) is 6.54 Å². The lowest BCUT2D eigenvalue weighted by molar-refractivity contribution is -0.137. The van der Waals surface area contributed by atoms with E-state index in [9.17, 15) is 9.59 Å². The molecule has 4 rings (SSSR count). The van der Waals surface area contributed by atoms with E-state index in [0.29, 0.717) is 30.0 Å². The summed E-state index contributed by atoms with van der Waals surface area (Å²) in [6.45, 7) is 2.54. The lowest BCUT2D eigenvalue weighted by Crippen LogP contribution is -2.33. The van der Waals surface area contributed by atoms with Crippen LogP contribution >= 0.6 is 11.6 Å². The number of fused-ring (bicyclic) bond motifs is 1. The van der Waals surface area contributed by atoms with Crippen LogP contribution in [-0.2, 0) is 24.2 Å². The van der Waals surface area contributed by atoms with Crippen LogP contribution in [-0.4, -0.2) is 34.0 Å². The van der Waals surface area contributed by atoms with Crippen LogP contribution in [0.25, 0.3) is 0 Å². The van der Waals surface area contributed by atoms with Gasteiger partial charge in [0, 0.05) is 36.5 Å². The number of carboxylic acid groups (broad SMARTS) is 1. The molecule has 3 aromatic carbocycles. The maximum Gasteiger partial charge on any atom is 0.305 e. The van der Waals surface area contributed by atoms with Gasteiger partial charge in [-0.05, 0) is 47.9 Å². The van der Waals surface area contributed by atoms with E-state index in [4.69, 9.17) is 21.4 Å². The highest BCUT2D eigenvalue weighted by Crippen LogP contribution is 2.38. The number of halogens is 1. The third kappa shape index (κ3) is 5.55. The molecule has 1 amide bonds. The number of aliphatic carboxylic acids is 1. The minimum absolute atomic E-state index is 0.109. The minimum Gasteiger partial charge on any atom is -0.487 e. The number of amides is 1. The van der Waals surface area contributed by atoms with Gasteiger partial charge in [0.2, 0.25) is 0 Å². The maximum atomic E-state index is 13.3. The van der Waals surface area contributed by atoms with Crippen LogP contribution in [0.3, 0.4) is 0 Å². The van der Waals surface area contributed by atoms with Crippen LogP contribution in [0.5, 0.6) is 5.75 Å². The van der Waals surface area contributed by atoms with Crippen molar-refractivity contribution >= 4 is 23.5 Å². The zero-order valence-electron chi connectivity index (χ0n) is 18.5. The maximum absolute atomic E-state index is 13.3. The molecule has 0 bridgehead atoms. The first-order valence-electron chi connectivity index (χ1n) is 10.9. The summed E-state index contributed by atoms with van der Waals surface area (Å²) in [6.07, 6.45) is 1.20. The SMILES string of the molecule is C[C@@]1(Cc2ccccc2Cl)Cc2cc(C(=O)N(CCC(=O)O)Cc3ccccc3)ccc2O1. The van der Waals surface area contributed by atoms with Gasteiger partial charge in [-0.3, -0.25) is 9.59 Å². The Morgan fingerprint density at radius 2 is 1.79 bits per heavy atom. The summed E-state index contributed by atoms with van der Waals surface area (Å²) in [7, 11) is 0. The first-order chi connectivity index (χ1) is 15.8. The molecular weight excluding hydrogens is 438 g/mol. The number of benzene rings is 3. The molecule has 0 unspecified atom stereocenters. The second-order valence-corrected chi connectivity index (χ2v) is 9.08. The Balaban J connectivity index is 1.53. The average molecular weight is 464 g/mol. The molecule has 1 aliphatic rings. The van der Waals surface area contributed by atoms with E-state index in [1.54, 1.807) is 11.0 Å². The summed E-state index contributed by atoms with van der Waals surface area (Å²) < 4.78 is 6.26. The van der Waals surface area contributed by atoms with Crippen molar-refractivity contribution in [2.45, 2.75) is 38.3 Å². The minimum atomic E-state index is -0.932. The molecule has 1 aliphatic heterocycles. The van der Waals surface area contributed by atoms with Crippen LogP contribution in [0.1, 0.15) is 40.4 Å². The van der Waals surface area contributed by atoms with E-state index < -0.39 is 11.6 Å². The number of carbonyl (C=O) groups excluding carboxylic acids is 1. The molecule has 0 saturated carbocycles. The summed E-state index contributed by atoms with van der Waals surface area (Å²) in [5.41, 5.74) is 3.01. The van der Waals surface area contributed by atoms with Crippen molar-refractivity contribution in [3.63, 3.8) is 0 Å². The first kappa shape index (κ1) is 22.9. The third-order valence-electron chi connectivity index (χ3n) is 5.85. The normalized spacial score (nSPS) is 16.7. The first-order valence-corrected chi connectivity index (χ1v) is 11.3. The number of carbonyl (C=O) groups is 2. The molecule has 5 nitrogen and oxygen atoms in total. The van der Waals surface area contributed by atoms with Gasteiger partial charge in [-0.15, -0.1) is 0 Å². The number of rotatable bonds is 8. The quantitative estimate of drug-likeness (QED) is 0.486. The lowest BCUT2D eigenvalue weighted by Gasteiger charge is -2.24. The number of ether oxygens (including phenoxy) is 1. The van der Waals surface area contributed by atoms with Gasteiger partial charge in [-0.25, -0.2) is 0 Å². The molecule has 1 N–H and O–H groups in total. The van der Waals surface area contributed by atoms with Gasteiger partial charge in [0.15, 0.2) is 0 Å². The molecule has 0 spiro atoms. The van der Waals surface area contributed by atoms with Crippen LogP contribution in [0.4, 0.5) is 0 Å². The fourth-order valence-electron chi connectivity index (χ4n) is 4.27. The predicted molar refractivity (Wildman–Crippen MR) is 128 cm³/mol.